The van der Waals surface area contributed by atoms with Crippen LogP contribution in [-0.2, 0) is 6.42 Å². The Kier molecular flexibility index (Phi) is 2.43. The third-order valence-electron chi connectivity index (χ3n) is 1.75. The summed E-state index contributed by atoms with van der Waals surface area (Å²) in [5, 5.41) is 7.29. The smallest absolute Gasteiger partial charge is 0.142 e. The average molecular weight is 163 g/mol. The van der Waals surface area contributed by atoms with Gasteiger partial charge in [-0.05, 0) is 25.0 Å². The van der Waals surface area contributed by atoms with Gasteiger partial charge in [-0.25, -0.2) is 4.98 Å². The molecule has 12 heavy (non-hydrogen) atoms. The highest BCUT2D eigenvalue weighted by molar-refractivity contribution is 5.94. The molecule has 3 heteroatoms. The van der Waals surface area contributed by atoms with E-state index < -0.39 is 0 Å². The van der Waals surface area contributed by atoms with E-state index in [1.54, 1.807) is 0 Å². The molecule has 0 aromatic carbocycles. The van der Waals surface area contributed by atoms with E-state index in [1.165, 1.54) is 0 Å². The van der Waals surface area contributed by atoms with Gasteiger partial charge in [-0.15, -0.1) is 0 Å². The number of nitrogens with two attached hydrogens (primary N) is 1. The van der Waals surface area contributed by atoms with Crippen molar-refractivity contribution in [2.24, 2.45) is 5.73 Å². The van der Waals surface area contributed by atoms with E-state index >= 15 is 0 Å². The van der Waals surface area contributed by atoms with Crippen LogP contribution in [0, 0.1) is 12.3 Å². The molecular formula is C9H13N3. The van der Waals surface area contributed by atoms with Crippen molar-refractivity contribution in [3.8, 4) is 0 Å². The molecule has 1 heterocycles. The number of nitrogen functional groups attached to an aromatic ring is 1. The summed E-state index contributed by atoms with van der Waals surface area (Å²) >= 11 is 0. The van der Waals surface area contributed by atoms with Crippen LogP contribution in [0.5, 0.6) is 0 Å². The molecule has 0 saturated carbocycles. The molecular weight excluding hydrogens is 150 g/mol. The molecule has 3 N–H and O–H groups in total. The predicted octanol–water partition coefficient (Wildman–Crippen LogP) is 1.24. The topological polar surface area (TPSA) is 62.8 Å². The van der Waals surface area contributed by atoms with Crippen molar-refractivity contribution >= 4 is 5.84 Å². The second-order valence-electron chi connectivity index (χ2n) is 2.73. The van der Waals surface area contributed by atoms with Crippen molar-refractivity contribution in [1.29, 1.82) is 5.41 Å². The number of nitrogens with one attached hydrogen (secondary N) is 1. The van der Waals surface area contributed by atoms with Crippen molar-refractivity contribution in [3.05, 3.63) is 29.1 Å². The lowest BCUT2D eigenvalue weighted by molar-refractivity contribution is 1.05. The summed E-state index contributed by atoms with van der Waals surface area (Å²) in [5.74, 6) is 0.0514. The number of amidine groups is 1. The van der Waals surface area contributed by atoms with Gasteiger partial charge in [0, 0.05) is 5.69 Å². The lowest BCUT2D eigenvalue weighted by Gasteiger charge is -2.05. The summed E-state index contributed by atoms with van der Waals surface area (Å²) in [6.07, 6.45) is 0.863. The molecule has 3 nitrogen and oxygen atoms in total. The minimum Gasteiger partial charge on any atom is -0.382 e. The highest BCUT2D eigenvalue weighted by Gasteiger charge is 2.04. The predicted molar refractivity (Wildman–Crippen MR) is 49.4 cm³/mol. The fourth-order valence-electron chi connectivity index (χ4n) is 1.10. The molecule has 0 amide bonds. The van der Waals surface area contributed by atoms with Crippen LogP contribution in [0.2, 0.25) is 0 Å². The highest BCUT2D eigenvalue weighted by Crippen LogP contribution is 2.07. The Morgan fingerprint density at radius 1 is 1.58 bits per heavy atom. The number of aromatic nitrogens is 1. The zero-order valence-corrected chi connectivity index (χ0v) is 7.39. The Bertz CT molecular complexity index is 305. The molecule has 0 atom stereocenters. The average Bonchev–Trinajstić information content (AvgIpc) is 2.04. The molecule has 0 fully saturated rings. The van der Waals surface area contributed by atoms with Gasteiger partial charge in [0.2, 0.25) is 0 Å². The molecule has 0 aliphatic heterocycles. The van der Waals surface area contributed by atoms with Crippen LogP contribution in [0.1, 0.15) is 23.9 Å². The number of nitrogens with zero attached hydrogens (tertiary/aromatic N) is 1. The SMILES string of the molecule is CCc1ccc(C)nc1C(=N)N. The Morgan fingerprint density at radius 3 is 2.75 bits per heavy atom. The molecule has 0 aliphatic carbocycles. The first kappa shape index (κ1) is 8.71. The summed E-state index contributed by atoms with van der Waals surface area (Å²) < 4.78 is 0. The van der Waals surface area contributed by atoms with Crippen molar-refractivity contribution < 1.29 is 0 Å². The van der Waals surface area contributed by atoms with Crippen molar-refractivity contribution in [2.75, 3.05) is 0 Å². The van der Waals surface area contributed by atoms with Crippen LogP contribution in [-0.4, -0.2) is 10.8 Å². The van der Waals surface area contributed by atoms with Crippen molar-refractivity contribution in [3.63, 3.8) is 0 Å². The summed E-state index contributed by atoms with van der Waals surface area (Å²) in [6.45, 7) is 3.92. The Hall–Kier alpha value is -1.38. The van der Waals surface area contributed by atoms with Crippen LogP contribution >= 0.6 is 0 Å². The molecule has 0 unspecified atom stereocenters. The summed E-state index contributed by atoms with van der Waals surface area (Å²) in [5.41, 5.74) is 7.94. The first-order valence-electron chi connectivity index (χ1n) is 3.96. The largest absolute Gasteiger partial charge is 0.382 e. The summed E-state index contributed by atoms with van der Waals surface area (Å²) in [6, 6.07) is 3.91. The minimum atomic E-state index is 0.0514. The van der Waals surface area contributed by atoms with Gasteiger partial charge in [0.1, 0.15) is 11.5 Å². The summed E-state index contributed by atoms with van der Waals surface area (Å²) in [7, 11) is 0. The maximum absolute atomic E-state index is 7.29. The fraction of sp³-hybridized carbons (Fsp3) is 0.333. The number of rotatable bonds is 2. The summed E-state index contributed by atoms with van der Waals surface area (Å²) in [4.78, 5) is 4.19. The first-order chi connectivity index (χ1) is 5.65. The maximum atomic E-state index is 7.29. The van der Waals surface area contributed by atoms with Crippen LogP contribution in [0.15, 0.2) is 12.1 Å². The number of aryl methyl sites for hydroxylation is 2. The second kappa shape index (κ2) is 3.34. The van der Waals surface area contributed by atoms with E-state index in [0.29, 0.717) is 5.69 Å². The monoisotopic (exact) mass is 163 g/mol. The number of hydrogen-bond acceptors (Lipinski definition) is 2. The Labute approximate surface area is 72.1 Å². The third-order valence-corrected chi connectivity index (χ3v) is 1.75. The van der Waals surface area contributed by atoms with E-state index in [1.807, 2.05) is 26.0 Å². The van der Waals surface area contributed by atoms with Crippen LogP contribution in [0.25, 0.3) is 0 Å². The lowest BCUT2D eigenvalue weighted by atomic mass is 10.1. The minimum absolute atomic E-state index is 0.0514. The van der Waals surface area contributed by atoms with E-state index in [0.717, 1.165) is 17.7 Å². The van der Waals surface area contributed by atoms with Crippen molar-refractivity contribution in [1.82, 2.24) is 4.98 Å². The Morgan fingerprint density at radius 2 is 2.25 bits per heavy atom. The van der Waals surface area contributed by atoms with Gasteiger partial charge in [0.25, 0.3) is 0 Å². The quantitative estimate of drug-likeness (QED) is 0.509. The highest BCUT2D eigenvalue weighted by atomic mass is 14.8. The molecule has 0 saturated heterocycles. The van der Waals surface area contributed by atoms with Crippen LogP contribution < -0.4 is 5.73 Å². The molecule has 0 bridgehead atoms. The third kappa shape index (κ3) is 1.61. The standard InChI is InChI=1S/C9H13N3/c1-3-7-5-4-6(2)12-8(7)9(10)11/h4-5H,3H2,1-2H3,(H3,10,11). The second-order valence-corrected chi connectivity index (χ2v) is 2.73. The number of hydrogen-bond donors (Lipinski definition) is 2. The van der Waals surface area contributed by atoms with Gasteiger partial charge >= 0.3 is 0 Å². The van der Waals surface area contributed by atoms with E-state index in [-0.39, 0.29) is 5.84 Å². The fourth-order valence-corrected chi connectivity index (χ4v) is 1.10. The van der Waals surface area contributed by atoms with Gasteiger partial charge < -0.3 is 5.73 Å². The van der Waals surface area contributed by atoms with Gasteiger partial charge in [0.15, 0.2) is 0 Å². The lowest BCUT2D eigenvalue weighted by Crippen LogP contribution is -2.16. The molecule has 64 valence electrons. The molecule has 1 rings (SSSR count). The zero-order valence-electron chi connectivity index (χ0n) is 7.39. The van der Waals surface area contributed by atoms with Crippen molar-refractivity contribution in [2.45, 2.75) is 20.3 Å². The molecule has 0 aliphatic rings. The van der Waals surface area contributed by atoms with E-state index in [9.17, 15) is 0 Å². The normalized spacial score (nSPS) is 9.83. The zero-order chi connectivity index (χ0) is 9.14. The molecule has 1 aromatic rings. The van der Waals surface area contributed by atoms with Crippen LogP contribution in [0.3, 0.4) is 0 Å². The first-order valence-corrected chi connectivity index (χ1v) is 3.96. The molecule has 0 radical (unpaired) electrons. The van der Waals surface area contributed by atoms with E-state index in [2.05, 4.69) is 4.98 Å². The number of pyridine rings is 1. The molecule has 0 spiro atoms. The maximum Gasteiger partial charge on any atom is 0.142 e. The van der Waals surface area contributed by atoms with E-state index in [4.69, 9.17) is 11.1 Å². The van der Waals surface area contributed by atoms with Gasteiger partial charge in [0.05, 0.1) is 0 Å². The Balaban J connectivity index is 3.21. The van der Waals surface area contributed by atoms with Gasteiger partial charge in [-0.2, -0.15) is 0 Å². The molecule has 1 aromatic heterocycles. The van der Waals surface area contributed by atoms with Crippen LogP contribution in [0.4, 0.5) is 0 Å². The van der Waals surface area contributed by atoms with Gasteiger partial charge in [-0.3, -0.25) is 5.41 Å². The van der Waals surface area contributed by atoms with Gasteiger partial charge in [-0.1, -0.05) is 13.0 Å².